The summed E-state index contributed by atoms with van der Waals surface area (Å²) >= 11 is 0. The highest BCUT2D eigenvalue weighted by Gasteiger charge is 2.35. The monoisotopic (exact) mass is 356 g/mol. The van der Waals surface area contributed by atoms with E-state index in [0.29, 0.717) is 25.9 Å². The number of nitrogens with one attached hydrogen (secondary N) is 1. The summed E-state index contributed by atoms with van der Waals surface area (Å²) in [5, 5.41) is 2.40. The van der Waals surface area contributed by atoms with Crippen LogP contribution in [-0.2, 0) is 15.8 Å². The van der Waals surface area contributed by atoms with E-state index in [0.717, 1.165) is 6.07 Å². The highest BCUT2D eigenvalue weighted by Crippen LogP contribution is 2.35. The summed E-state index contributed by atoms with van der Waals surface area (Å²) in [6.07, 6.45) is -3.63. The number of halogens is 3. The molecule has 0 spiro atoms. The largest absolute Gasteiger partial charge is 0.418 e. The molecule has 0 aromatic heterocycles. The van der Waals surface area contributed by atoms with Gasteiger partial charge in [0.25, 0.3) is 0 Å². The highest BCUT2D eigenvalue weighted by molar-refractivity contribution is 5.93. The Morgan fingerprint density at radius 3 is 2.16 bits per heavy atom. The molecule has 1 fully saturated rings. The third kappa shape index (κ3) is 4.74. The zero-order valence-electron chi connectivity index (χ0n) is 14.6. The number of nitrogens with zero attached hydrogens (tertiary/aromatic N) is 1. The quantitative estimate of drug-likeness (QED) is 0.873. The first-order valence-corrected chi connectivity index (χ1v) is 8.26. The van der Waals surface area contributed by atoms with Crippen molar-refractivity contribution in [2.45, 2.75) is 39.8 Å². The van der Waals surface area contributed by atoms with Gasteiger partial charge in [-0.15, -0.1) is 0 Å². The number of rotatable bonds is 2. The van der Waals surface area contributed by atoms with Gasteiger partial charge < -0.3 is 10.2 Å². The summed E-state index contributed by atoms with van der Waals surface area (Å²) in [6.45, 7) is 6.39. The predicted octanol–water partition coefficient (Wildman–Crippen LogP) is 3.93. The van der Waals surface area contributed by atoms with Crippen LogP contribution in [0.1, 0.15) is 39.2 Å². The number of likely N-dealkylation sites (tertiary alicyclic amines) is 1. The van der Waals surface area contributed by atoms with Crippen LogP contribution in [0.2, 0.25) is 0 Å². The molecule has 1 N–H and O–H groups in total. The first kappa shape index (κ1) is 19.3. The average molecular weight is 356 g/mol. The molecule has 138 valence electrons. The van der Waals surface area contributed by atoms with Gasteiger partial charge in [0.05, 0.1) is 11.3 Å². The predicted molar refractivity (Wildman–Crippen MR) is 88.8 cm³/mol. The number of alkyl halides is 3. The van der Waals surface area contributed by atoms with E-state index in [9.17, 15) is 22.8 Å². The van der Waals surface area contributed by atoms with Gasteiger partial charge in [-0.3, -0.25) is 9.59 Å². The van der Waals surface area contributed by atoms with Crippen molar-refractivity contribution in [3.63, 3.8) is 0 Å². The van der Waals surface area contributed by atoms with Crippen molar-refractivity contribution in [2.75, 3.05) is 18.4 Å². The zero-order valence-corrected chi connectivity index (χ0v) is 14.6. The van der Waals surface area contributed by atoms with E-state index < -0.39 is 29.0 Å². The number of amides is 2. The van der Waals surface area contributed by atoms with Crippen molar-refractivity contribution in [1.82, 2.24) is 4.90 Å². The fourth-order valence-corrected chi connectivity index (χ4v) is 2.89. The molecular formula is C18H23F3N2O2. The number of piperidine rings is 1. The van der Waals surface area contributed by atoms with E-state index in [2.05, 4.69) is 5.32 Å². The Bertz CT molecular complexity index is 642. The Labute approximate surface area is 145 Å². The zero-order chi connectivity index (χ0) is 18.8. The molecule has 0 unspecified atom stereocenters. The Hall–Kier alpha value is -2.05. The number of hydrogen-bond acceptors (Lipinski definition) is 2. The highest BCUT2D eigenvalue weighted by atomic mass is 19.4. The number of carbonyl (C=O) groups is 2. The van der Waals surface area contributed by atoms with Crippen molar-refractivity contribution in [3.8, 4) is 0 Å². The van der Waals surface area contributed by atoms with Crippen LogP contribution in [0.25, 0.3) is 0 Å². The van der Waals surface area contributed by atoms with E-state index in [1.165, 1.54) is 18.2 Å². The van der Waals surface area contributed by atoms with Crippen molar-refractivity contribution in [2.24, 2.45) is 11.3 Å². The maximum absolute atomic E-state index is 13.0. The number of anilines is 1. The molecule has 25 heavy (non-hydrogen) atoms. The van der Waals surface area contributed by atoms with Crippen LogP contribution in [0.3, 0.4) is 0 Å². The second-order valence-corrected chi connectivity index (χ2v) is 7.35. The van der Waals surface area contributed by atoms with Gasteiger partial charge in [-0.1, -0.05) is 32.9 Å². The molecule has 0 aliphatic carbocycles. The molecular weight excluding hydrogens is 333 g/mol. The minimum absolute atomic E-state index is 0.0220. The van der Waals surface area contributed by atoms with E-state index in [1.807, 2.05) is 20.8 Å². The van der Waals surface area contributed by atoms with Gasteiger partial charge in [0.1, 0.15) is 0 Å². The van der Waals surface area contributed by atoms with E-state index in [1.54, 1.807) is 4.90 Å². The topological polar surface area (TPSA) is 49.4 Å². The molecule has 7 heteroatoms. The van der Waals surface area contributed by atoms with E-state index in [-0.39, 0.29) is 11.6 Å². The molecule has 0 saturated carbocycles. The lowest BCUT2D eigenvalue weighted by Crippen LogP contribution is -2.45. The molecule has 2 amide bonds. The smallest absolute Gasteiger partial charge is 0.342 e. The lowest BCUT2D eigenvalue weighted by Gasteiger charge is -2.35. The number of benzene rings is 1. The second kappa shape index (κ2) is 7.06. The van der Waals surface area contributed by atoms with Crippen LogP contribution in [0.5, 0.6) is 0 Å². The summed E-state index contributed by atoms with van der Waals surface area (Å²) in [5.41, 5.74) is -1.57. The van der Waals surface area contributed by atoms with Gasteiger partial charge >= 0.3 is 6.18 Å². The van der Waals surface area contributed by atoms with Crippen molar-refractivity contribution in [3.05, 3.63) is 29.8 Å². The first-order chi connectivity index (χ1) is 11.5. The molecule has 1 aromatic rings. The van der Waals surface area contributed by atoms with Gasteiger partial charge in [-0.05, 0) is 25.0 Å². The summed E-state index contributed by atoms with van der Waals surface area (Å²) in [4.78, 5) is 26.3. The minimum atomic E-state index is -4.52. The van der Waals surface area contributed by atoms with Crippen LogP contribution in [0, 0.1) is 11.3 Å². The van der Waals surface area contributed by atoms with Crippen molar-refractivity contribution < 1.29 is 22.8 Å². The summed E-state index contributed by atoms with van der Waals surface area (Å²) < 4.78 is 39.0. The Morgan fingerprint density at radius 2 is 1.64 bits per heavy atom. The molecule has 1 heterocycles. The summed E-state index contributed by atoms with van der Waals surface area (Å²) in [7, 11) is 0. The van der Waals surface area contributed by atoms with Gasteiger partial charge in [-0.25, -0.2) is 0 Å². The Balaban J connectivity index is 2.00. The lowest BCUT2D eigenvalue weighted by atomic mass is 9.90. The summed E-state index contributed by atoms with van der Waals surface area (Å²) in [5.74, 6) is -0.807. The molecule has 0 atom stereocenters. The lowest BCUT2D eigenvalue weighted by molar-refractivity contribution is -0.142. The molecule has 4 nitrogen and oxygen atoms in total. The molecule has 1 aromatic carbocycles. The maximum atomic E-state index is 13.0. The molecule has 0 bridgehead atoms. The van der Waals surface area contributed by atoms with Crippen LogP contribution in [-0.4, -0.2) is 29.8 Å². The van der Waals surface area contributed by atoms with Crippen molar-refractivity contribution in [1.29, 1.82) is 0 Å². The van der Waals surface area contributed by atoms with Crippen LogP contribution >= 0.6 is 0 Å². The minimum Gasteiger partial charge on any atom is -0.342 e. The number of hydrogen-bond donors (Lipinski definition) is 1. The van der Waals surface area contributed by atoms with Crippen LogP contribution in [0.4, 0.5) is 18.9 Å². The molecule has 1 aliphatic heterocycles. The third-order valence-corrected chi connectivity index (χ3v) is 4.28. The van der Waals surface area contributed by atoms with Crippen molar-refractivity contribution >= 4 is 17.5 Å². The average Bonchev–Trinajstić information content (AvgIpc) is 2.53. The van der Waals surface area contributed by atoms with Gasteiger partial charge in [0.2, 0.25) is 11.8 Å². The summed E-state index contributed by atoms with van der Waals surface area (Å²) in [6, 6.07) is 4.93. The Kier molecular flexibility index (Phi) is 5.44. The maximum Gasteiger partial charge on any atom is 0.418 e. The third-order valence-electron chi connectivity index (χ3n) is 4.28. The van der Waals surface area contributed by atoms with E-state index in [4.69, 9.17) is 0 Å². The van der Waals surface area contributed by atoms with Gasteiger partial charge in [-0.2, -0.15) is 13.2 Å². The Morgan fingerprint density at radius 1 is 1.08 bits per heavy atom. The van der Waals surface area contributed by atoms with Gasteiger partial charge in [0, 0.05) is 24.4 Å². The van der Waals surface area contributed by atoms with Crippen LogP contribution in [0.15, 0.2) is 24.3 Å². The standard InChI is InChI=1S/C18H23F3N2O2/c1-17(2,3)16(25)23-10-8-12(9-11-23)15(24)22-14-7-5-4-6-13(14)18(19,20)21/h4-7,12H,8-11H2,1-3H3,(H,22,24). The fraction of sp³-hybridized carbons (Fsp3) is 0.556. The first-order valence-electron chi connectivity index (χ1n) is 8.26. The van der Waals surface area contributed by atoms with Gasteiger partial charge in [0.15, 0.2) is 0 Å². The number of carbonyl (C=O) groups excluding carboxylic acids is 2. The number of para-hydroxylation sites is 1. The van der Waals surface area contributed by atoms with Crippen LogP contribution < -0.4 is 5.32 Å². The fourth-order valence-electron chi connectivity index (χ4n) is 2.89. The SMILES string of the molecule is CC(C)(C)C(=O)N1CCC(C(=O)Nc2ccccc2C(F)(F)F)CC1. The molecule has 0 radical (unpaired) electrons. The normalized spacial score (nSPS) is 16.6. The molecule has 1 aliphatic rings. The second-order valence-electron chi connectivity index (χ2n) is 7.35. The molecule has 2 rings (SSSR count). The molecule has 1 saturated heterocycles. The van der Waals surface area contributed by atoms with E-state index >= 15 is 0 Å².